The first-order valence-corrected chi connectivity index (χ1v) is 8.25. The Morgan fingerprint density at radius 3 is 2.59 bits per heavy atom. The van der Waals surface area contributed by atoms with Crippen molar-refractivity contribution in [2.24, 2.45) is 5.92 Å². The fourth-order valence-electron chi connectivity index (χ4n) is 4.55. The average molecular weight is 293 g/mol. The summed E-state index contributed by atoms with van der Waals surface area (Å²) >= 11 is 0. The topological polar surface area (TPSA) is 23.5 Å². The Hall–Kier alpha value is -1.80. The first-order chi connectivity index (χ1) is 10.6. The number of hydrogen-bond donors (Lipinski definition) is 1. The quantitative estimate of drug-likeness (QED) is 0.850. The zero-order valence-electron chi connectivity index (χ0n) is 13.3. The molecule has 0 radical (unpaired) electrons. The predicted molar refractivity (Wildman–Crippen MR) is 89.2 cm³/mol. The standard InChI is InChI=1S/C20H23NO/c1-13-5-7-14(8-6-13)19-17-4-3-11-21(2)20(17)16-10-9-15(22)12-18(16)19/h5-10,12,17,19-20,22H,3-4,11H2,1-2H3/t17-,19-,20+/m0/s1. The van der Waals surface area contributed by atoms with Gasteiger partial charge in [-0.3, -0.25) is 4.90 Å². The summed E-state index contributed by atoms with van der Waals surface area (Å²) in [6.07, 6.45) is 2.53. The van der Waals surface area contributed by atoms with Gasteiger partial charge in [-0.1, -0.05) is 35.9 Å². The Bertz CT molecular complexity index is 691. The van der Waals surface area contributed by atoms with Gasteiger partial charge in [0, 0.05) is 12.0 Å². The van der Waals surface area contributed by atoms with E-state index in [0.717, 1.165) is 0 Å². The molecule has 0 aromatic heterocycles. The number of aromatic hydroxyl groups is 1. The van der Waals surface area contributed by atoms with Gasteiger partial charge >= 0.3 is 0 Å². The highest BCUT2D eigenvalue weighted by atomic mass is 16.3. The lowest BCUT2D eigenvalue weighted by Gasteiger charge is -2.37. The summed E-state index contributed by atoms with van der Waals surface area (Å²) in [6.45, 7) is 3.30. The molecule has 1 fully saturated rings. The summed E-state index contributed by atoms with van der Waals surface area (Å²) in [7, 11) is 2.24. The second-order valence-corrected chi connectivity index (χ2v) is 6.93. The average Bonchev–Trinajstić information content (AvgIpc) is 2.83. The zero-order valence-corrected chi connectivity index (χ0v) is 13.3. The van der Waals surface area contributed by atoms with E-state index < -0.39 is 0 Å². The van der Waals surface area contributed by atoms with Gasteiger partial charge in [0.25, 0.3) is 0 Å². The van der Waals surface area contributed by atoms with Crippen molar-refractivity contribution in [3.63, 3.8) is 0 Å². The van der Waals surface area contributed by atoms with Crippen LogP contribution in [0.2, 0.25) is 0 Å². The highest BCUT2D eigenvalue weighted by Crippen LogP contribution is 2.54. The number of nitrogens with zero attached hydrogens (tertiary/aromatic N) is 1. The highest BCUT2D eigenvalue weighted by molar-refractivity contribution is 5.49. The Kier molecular flexibility index (Phi) is 3.23. The van der Waals surface area contributed by atoms with Crippen LogP contribution in [0.25, 0.3) is 0 Å². The van der Waals surface area contributed by atoms with E-state index in [1.54, 1.807) is 0 Å². The first-order valence-electron chi connectivity index (χ1n) is 8.25. The third-order valence-electron chi connectivity index (χ3n) is 5.52. The lowest BCUT2D eigenvalue weighted by Crippen LogP contribution is -2.34. The van der Waals surface area contributed by atoms with Crippen LogP contribution < -0.4 is 0 Å². The number of aryl methyl sites for hydroxylation is 1. The third kappa shape index (κ3) is 2.05. The van der Waals surface area contributed by atoms with Crippen LogP contribution in [0.1, 0.15) is 47.1 Å². The number of hydrogen-bond acceptors (Lipinski definition) is 2. The van der Waals surface area contributed by atoms with Gasteiger partial charge < -0.3 is 5.11 Å². The molecular weight excluding hydrogens is 270 g/mol. The maximum atomic E-state index is 9.99. The molecule has 3 atom stereocenters. The summed E-state index contributed by atoms with van der Waals surface area (Å²) in [5.74, 6) is 1.42. The zero-order chi connectivity index (χ0) is 15.3. The van der Waals surface area contributed by atoms with Gasteiger partial charge in [-0.2, -0.15) is 0 Å². The maximum Gasteiger partial charge on any atom is 0.115 e. The van der Waals surface area contributed by atoms with Crippen molar-refractivity contribution < 1.29 is 5.11 Å². The van der Waals surface area contributed by atoms with E-state index in [2.05, 4.69) is 49.2 Å². The van der Waals surface area contributed by atoms with Gasteiger partial charge in [-0.15, -0.1) is 0 Å². The van der Waals surface area contributed by atoms with Crippen LogP contribution in [0.3, 0.4) is 0 Å². The minimum Gasteiger partial charge on any atom is -0.508 e. The van der Waals surface area contributed by atoms with Gasteiger partial charge in [0.15, 0.2) is 0 Å². The summed E-state index contributed by atoms with van der Waals surface area (Å²) < 4.78 is 0. The smallest absolute Gasteiger partial charge is 0.115 e. The van der Waals surface area contributed by atoms with Crippen LogP contribution in [0, 0.1) is 12.8 Å². The molecule has 0 amide bonds. The van der Waals surface area contributed by atoms with Gasteiger partial charge in [-0.25, -0.2) is 0 Å². The van der Waals surface area contributed by atoms with Crippen LogP contribution in [0.5, 0.6) is 5.75 Å². The third-order valence-corrected chi connectivity index (χ3v) is 5.52. The molecular formula is C20H23NO. The molecule has 2 aromatic rings. The molecule has 22 heavy (non-hydrogen) atoms. The number of rotatable bonds is 1. The van der Waals surface area contributed by atoms with Crippen molar-refractivity contribution in [3.05, 3.63) is 64.7 Å². The van der Waals surface area contributed by atoms with E-state index in [-0.39, 0.29) is 0 Å². The number of piperidine rings is 1. The summed E-state index contributed by atoms with van der Waals surface area (Å²) in [6, 6.07) is 15.4. The minimum absolute atomic E-state index is 0.386. The molecule has 2 aliphatic rings. The lowest BCUT2D eigenvalue weighted by atomic mass is 9.80. The van der Waals surface area contributed by atoms with Gasteiger partial charge in [-0.05, 0) is 68.1 Å². The molecule has 2 heteroatoms. The van der Waals surface area contributed by atoms with Crippen molar-refractivity contribution in [3.8, 4) is 5.75 Å². The van der Waals surface area contributed by atoms with Gasteiger partial charge in [0.1, 0.15) is 5.75 Å². The molecule has 0 bridgehead atoms. The molecule has 0 unspecified atom stereocenters. The Morgan fingerprint density at radius 1 is 1.05 bits per heavy atom. The fraction of sp³-hybridized carbons (Fsp3) is 0.400. The van der Waals surface area contributed by atoms with E-state index in [0.29, 0.717) is 23.6 Å². The highest BCUT2D eigenvalue weighted by Gasteiger charge is 2.44. The van der Waals surface area contributed by atoms with E-state index in [9.17, 15) is 5.11 Å². The molecule has 2 aromatic carbocycles. The van der Waals surface area contributed by atoms with E-state index >= 15 is 0 Å². The maximum absolute atomic E-state index is 9.99. The number of phenolic OH excluding ortho intramolecular Hbond substituents is 1. The van der Waals surface area contributed by atoms with Crippen LogP contribution in [0.15, 0.2) is 42.5 Å². The predicted octanol–water partition coefficient (Wildman–Crippen LogP) is 4.23. The Labute approximate surface area is 132 Å². The number of fused-ring (bicyclic) bond motifs is 3. The first kappa shape index (κ1) is 13.8. The molecule has 1 aliphatic heterocycles. The molecule has 0 saturated carbocycles. The van der Waals surface area contributed by atoms with Crippen molar-refractivity contribution in [2.45, 2.75) is 31.7 Å². The fourth-order valence-corrected chi connectivity index (χ4v) is 4.55. The molecule has 1 N–H and O–H groups in total. The van der Waals surface area contributed by atoms with Gasteiger partial charge in [0.2, 0.25) is 0 Å². The summed E-state index contributed by atoms with van der Waals surface area (Å²) in [5.41, 5.74) is 5.43. The second-order valence-electron chi connectivity index (χ2n) is 6.93. The van der Waals surface area contributed by atoms with Crippen LogP contribution in [0.4, 0.5) is 0 Å². The number of phenols is 1. The molecule has 1 aliphatic carbocycles. The van der Waals surface area contributed by atoms with Crippen LogP contribution >= 0.6 is 0 Å². The summed E-state index contributed by atoms with van der Waals surface area (Å²) in [4.78, 5) is 2.50. The van der Waals surface area contributed by atoms with Crippen LogP contribution in [-0.2, 0) is 0 Å². The molecule has 2 nitrogen and oxygen atoms in total. The van der Waals surface area contributed by atoms with Gasteiger partial charge in [0.05, 0.1) is 0 Å². The number of benzene rings is 2. The molecule has 114 valence electrons. The van der Waals surface area contributed by atoms with Crippen molar-refractivity contribution >= 4 is 0 Å². The second kappa shape index (κ2) is 5.13. The molecule has 1 saturated heterocycles. The monoisotopic (exact) mass is 293 g/mol. The lowest BCUT2D eigenvalue weighted by molar-refractivity contribution is 0.127. The largest absolute Gasteiger partial charge is 0.508 e. The van der Waals surface area contributed by atoms with E-state index in [4.69, 9.17) is 0 Å². The van der Waals surface area contributed by atoms with Crippen LogP contribution in [-0.4, -0.2) is 23.6 Å². The van der Waals surface area contributed by atoms with Crippen molar-refractivity contribution in [1.82, 2.24) is 4.90 Å². The van der Waals surface area contributed by atoms with E-state index in [1.165, 1.54) is 41.6 Å². The van der Waals surface area contributed by atoms with E-state index in [1.807, 2.05) is 12.1 Å². The SMILES string of the molecule is Cc1ccc([C@@H]2c3cc(O)ccc3[C@@H]3[C@H]2CCCN3C)cc1. The van der Waals surface area contributed by atoms with Crippen molar-refractivity contribution in [2.75, 3.05) is 13.6 Å². The summed E-state index contributed by atoms with van der Waals surface area (Å²) in [5, 5.41) is 9.99. The molecule has 1 heterocycles. The molecule has 4 rings (SSSR count). The molecule has 0 spiro atoms. The van der Waals surface area contributed by atoms with Crippen molar-refractivity contribution in [1.29, 1.82) is 0 Å². The normalized spacial score (nSPS) is 27.5. The number of likely N-dealkylation sites (tertiary alicyclic amines) is 1. The Balaban J connectivity index is 1.86. The Morgan fingerprint density at radius 2 is 1.82 bits per heavy atom. The minimum atomic E-state index is 0.386.